The van der Waals surface area contributed by atoms with Crippen molar-refractivity contribution in [3.8, 4) is 0 Å². The Kier molecular flexibility index (Phi) is 9.49. The molecule has 0 radical (unpaired) electrons. The second-order valence-electron chi connectivity index (χ2n) is 9.85. The van der Waals surface area contributed by atoms with Crippen LogP contribution in [0.1, 0.15) is 66.6 Å². The molecule has 1 saturated carbocycles. The van der Waals surface area contributed by atoms with Crippen LogP contribution in [-0.2, 0) is 10.0 Å². The predicted molar refractivity (Wildman–Crippen MR) is 142 cm³/mol. The van der Waals surface area contributed by atoms with Crippen LogP contribution in [0.5, 0.6) is 0 Å². The highest BCUT2D eigenvalue weighted by molar-refractivity contribution is 7.89. The topological polar surface area (TPSA) is 117 Å². The molecule has 1 aliphatic heterocycles. The average molecular weight is 556 g/mol. The summed E-state index contributed by atoms with van der Waals surface area (Å²) in [7, 11) is -3.32. The van der Waals surface area contributed by atoms with E-state index in [4.69, 9.17) is 5.73 Å². The van der Waals surface area contributed by atoms with Gasteiger partial charge in [0.2, 0.25) is 15.8 Å². The molecule has 0 spiro atoms. The van der Waals surface area contributed by atoms with E-state index in [9.17, 15) is 22.0 Å². The van der Waals surface area contributed by atoms with E-state index in [0.717, 1.165) is 35.9 Å². The summed E-state index contributed by atoms with van der Waals surface area (Å²) in [6, 6.07) is 3.17. The van der Waals surface area contributed by atoms with Gasteiger partial charge in [0.15, 0.2) is 5.13 Å². The number of anilines is 2. The molecule has 1 saturated heterocycles. The molecule has 1 aromatic heterocycles. The Balaban J connectivity index is 1.23. The number of carbonyl (C=O) groups is 1. The summed E-state index contributed by atoms with van der Waals surface area (Å²) >= 11 is 0.937. The van der Waals surface area contributed by atoms with Crippen molar-refractivity contribution < 1.29 is 22.0 Å². The maximum absolute atomic E-state index is 14.0. The van der Waals surface area contributed by atoms with Gasteiger partial charge in [0, 0.05) is 19.1 Å². The van der Waals surface area contributed by atoms with Gasteiger partial charge >= 0.3 is 0 Å². The van der Waals surface area contributed by atoms with Crippen molar-refractivity contribution in [2.24, 2.45) is 5.92 Å². The summed E-state index contributed by atoms with van der Waals surface area (Å²) in [4.78, 5) is 16.8. The first kappa shape index (κ1) is 27.9. The second-order valence-corrected chi connectivity index (χ2v) is 12.9. The molecule has 8 nitrogen and oxygen atoms in total. The van der Waals surface area contributed by atoms with E-state index in [1.165, 1.54) is 38.2 Å². The lowest BCUT2D eigenvalue weighted by Gasteiger charge is -2.31. The van der Waals surface area contributed by atoms with Crippen LogP contribution in [0.25, 0.3) is 0 Å². The molecule has 4 rings (SSSR count). The molecule has 204 valence electrons. The monoisotopic (exact) mass is 555 g/mol. The van der Waals surface area contributed by atoms with Gasteiger partial charge in [0.05, 0.1) is 11.3 Å². The number of nitrogens with zero attached hydrogens (tertiary/aromatic N) is 2. The van der Waals surface area contributed by atoms with Gasteiger partial charge in [-0.15, -0.1) is 0 Å². The highest BCUT2D eigenvalue weighted by Gasteiger charge is 2.29. The number of halogens is 2. The lowest BCUT2D eigenvalue weighted by atomic mass is 9.89. The van der Waals surface area contributed by atoms with Crippen LogP contribution < -0.4 is 16.4 Å². The van der Waals surface area contributed by atoms with E-state index in [-0.39, 0.29) is 22.5 Å². The summed E-state index contributed by atoms with van der Waals surface area (Å²) in [6.07, 6.45) is 8.20. The van der Waals surface area contributed by atoms with Crippen molar-refractivity contribution in [3.05, 3.63) is 40.3 Å². The minimum Gasteiger partial charge on any atom is -0.382 e. The summed E-state index contributed by atoms with van der Waals surface area (Å²) in [6.45, 7) is 2.46. The summed E-state index contributed by atoms with van der Waals surface area (Å²) in [5, 5.41) is 6.98. The van der Waals surface area contributed by atoms with Crippen LogP contribution in [0.15, 0.2) is 18.2 Å². The smallest absolute Gasteiger partial charge is 0.214 e. The molecule has 37 heavy (non-hydrogen) atoms. The number of ketones is 1. The number of benzene rings is 1. The quantitative estimate of drug-likeness (QED) is 0.283. The molecule has 2 fully saturated rings. The number of hydrogen-bond donors (Lipinski definition) is 3. The number of nitrogens with one attached hydrogen (secondary N) is 2. The maximum atomic E-state index is 14.0. The van der Waals surface area contributed by atoms with Crippen molar-refractivity contribution in [1.82, 2.24) is 14.6 Å². The zero-order valence-electron chi connectivity index (χ0n) is 20.8. The number of rotatable bonds is 11. The molecule has 1 aliphatic carbocycles. The van der Waals surface area contributed by atoms with Crippen molar-refractivity contribution in [2.75, 3.05) is 43.0 Å². The van der Waals surface area contributed by atoms with Gasteiger partial charge in [-0.1, -0.05) is 36.7 Å². The minimum atomic E-state index is -3.32. The maximum Gasteiger partial charge on any atom is 0.214 e. The first-order valence-electron chi connectivity index (χ1n) is 12.9. The van der Waals surface area contributed by atoms with Crippen molar-refractivity contribution in [2.45, 2.75) is 57.4 Å². The minimum absolute atomic E-state index is 0.0383. The summed E-state index contributed by atoms with van der Waals surface area (Å²) in [5.41, 5.74) is 5.22. The molecule has 0 unspecified atom stereocenters. The van der Waals surface area contributed by atoms with Crippen LogP contribution in [0.2, 0.25) is 0 Å². The number of piperidine rings is 1. The van der Waals surface area contributed by atoms with Crippen LogP contribution in [0.3, 0.4) is 0 Å². The number of aromatic nitrogens is 1. The molecular weight excluding hydrogens is 520 g/mol. The Morgan fingerprint density at radius 2 is 1.78 bits per heavy atom. The van der Waals surface area contributed by atoms with Crippen molar-refractivity contribution in [3.63, 3.8) is 0 Å². The largest absolute Gasteiger partial charge is 0.382 e. The van der Waals surface area contributed by atoms with Gasteiger partial charge in [-0.25, -0.2) is 26.5 Å². The third kappa shape index (κ3) is 7.24. The number of hydrogen-bond acceptors (Lipinski definition) is 8. The van der Waals surface area contributed by atoms with Crippen LogP contribution in [-0.4, -0.2) is 61.5 Å². The Bertz CT molecular complexity index is 1160. The Hall–Kier alpha value is -2.15. The standard InChI is InChI=1S/C25H35F2N5O3S2/c26-19-8-4-9-20(27)21(19)22(33)23-24(28)31-25(36-23)30-18-10-13-32(14-11-18)37(34,35)15-5-12-29-16-17-6-2-1-3-7-17/h4,8-9,17-18,29H,1-3,5-7,10-16,28H2,(H,30,31). The van der Waals surface area contributed by atoms with Gasteiger partial charge in [-0.3, -0.25) is 4.79 Å². The second kappa shape index (κ2) is 12.6. The number of nitrogens with two attached hydrogens (primary N) is 1. The fourth-order valence-electron chi connectivity index (χ4n) is 5.04. The lowest BCUT2D eigenvalue weighted by Crippen LogP contribution is -2.43. The molecule has 4 N–H and O–H groups in total. The molecule has 12 heteroatoms. The molecule has 2 aromatic rings. The molecule has 0 bridgehead atoms. The highest BCUT2D eigenvalue weighted by Crippen LogP contribution is 2.31. The van der Waals surface area contributed by atoms with Gasteiger partial charge in [-0.05, 0) is 63.2 Å². The molecule has 0 atom stereocenters. The van der Waals surface area contributed by atoms with E-state index < -0.39 is 33.0 Å². The number of sulfonamides is 1. The van der Waals surface area contributed by atoms with E-state index in [1.54, 1.807) is 4.31 Å². The number of carbonyl (C=O) groups excluding carboxylic acids is 1. The highest BCUT2D eigenvalue weighted by atomic mass is 32.2. The van der Waals surface area contributed by atoms with Crippen LogP contribution in [0.4, 0.5) is 19.7 Å². The molecule has 0 amide bonds. The SMILES string of the molecule is Nc1nc(NC2CCN(S(=O)(=O)CCCNCC3CCCCC3)CC2)sc1C(=O)c1c(F)cccc1F. The van der Waals surface area contributed by atoms with Gasteiger partial charge in [0.25, 0.3) is 0 Å². The Morgan fingerprint density at radius 3 is 2.46 bits per heavy atom. The average Bonchev–Trinajstić information content (AvgIpc) is 3.24. The molecule has 2 heterocycles. The summed E-state index contributed by atoms with van der Waals surface area (Å²) in [5.74, 6) is -2.02. The fraction of sp³-hybridized carbons (Fsp3) is 0.600. The van der Waals surface area contributed by atoms with Crippen molar-refractivity contribution in [1.29, 1.82) is 0 Å². The molecule has 2 aliphatic rings. The van der Waals surface area contributed by atoms with E-state index >= 15 is 0 Å². The first-order valence-corrected chi connectivity index (χ1v) is 15.4. The number of thiazole rings is 1. The van der Waals surface area contributed by atoms with Gasteiger partial charge < -0.3 is 16.4 Å². The van der Waals surface area contributed by atoms with Crippen molar-refractivity contribution >= 4 is 38.1 Å². The molecule has 1 aromatic carbocycles. The summed E-state index contributed by atoms with van der Waals surface area (Å²) < 4.78 is 55.2. The Labute approximate surface area is 221 Å². The number of nitrogen functional groups attached to an aromatic ring is 1. The Morgan fingerprint density at radius 1 is 1.11 bits per heavy atom. The first-order chi connectivity index (χ1) is 17.7. The van der Waals surface area contributed by atoms with E-state index in [0.29, 0.717) is 44.0 Å². The normalized spacial score (nSPS) is 18.2. The van der Waals surface area contributed by atoms with Crippen LogP contribution >= 0.6 is 11.3 Å². The third-order valence-electron chi connectivity index (χ3n) is 7.14. The van der Waals surface area contributed by atoms with Gasteiger partial charge in [-0.2, -0.15) is 0 Å². The predicted octanol–water partition coefficient (Wildman–Crippen LogP) is 4.00. The lowest BCUT2D eigenvalue weighted by molar-refractivity contribution is 0.103. The zero-order chi connectivity index (χ0) is 26.4. The zero-order valence-corrected chi connectivity index (χ0v) is 22.5. The fourth-order valence-corrected chi connectivity index (χ4v) is 7.49. The van der Waals surface area contributed by atoms with E-state index in [2.05, 4.69) is 15.6 Å². The van der Waals surface area contributed by atoms with Gasteiger partial charge in [0.1, 0.15) is 22.3 Å². The van der Waals surface area contributed by atoms with Crippen LogP contribution in [0, 0.1) is 17.6 Å². The van der Waals surface area contributed by atoms with E-state index in [1.807, 2.05) is 0 Å². The third-order valence-corrected chi connectivity index (χ3v) is 10.1. The molecular formula is C25H35F2N5O3S2.